The van der Waals surface area contributed by atoms with E-state index < -0.39 is 10.0 Å². The van der Waals surface area contributed by atoms with Crippen LogP contribution in [0.4, 0.5) is 0 Å². The van der Waals surface area contributed by atoms with Crippen LogP contribution in [0.5, 0.6) is 0 Å². The fraction of sp³-hybridized carbons (Fsp3) is 0.409. The summed E-state index contributed by atoms with van der Waals surface area (Å²) in [4.78, 5) is 1.21. The first-order valence-electron chi connectivity index (χ1n) is 10.3. The highest BCUT2D eigenvalue weighted by atomic mass is 32.2. The Kier molecular flexibility index (Phi) is 6.18. The zero-order chi connectivity index (χ0) is 20.3. The van der Waals surface area contributed by atoms with E-state index in [1.165, 1.54) is 17.8 Å². The molecule has 154 valence electrons. The minimum absolute atomic E-state index is 0.0902. The van der Waals surface area contributed by atoms with Crippen LogP contribution in [-0.2, 0) is 16.6 Å². The Hall–Kier alpha value is -1.96. The van der Waals surface area contributed by atoms with Gasteiger partial charge in [0.05, 0.1) is 11.4 Å². The van der Waals surface area contributed by atoms with Crippen LogP contribution in [0.15, 0.2) is 58.9 Å². The largest absolute Gasteiger partial charge is 0.266 e. The third-order valence-electron chi connectivity index (χ3n) is 5.55. The number of hydrogen-bond acceptors (Lipinski definition) is 4. The van der Waals surface area contributed by atoms with Crippen molar-refractivity contribution in [1.82, 2.24) is 14.1 Å². The summed E-state index contributed by atoms with van der Waals surface area (Å²) in [6, 6.07) is 14.0. The SMILES string of the molecule is CCN(C1CCCCC1)S(=O)(=O)c1cn(Cc2ccccc2)nc1-c1cccs1. The molecule has 0 atom stereocenters. The summed E-state index contributed by atoms with van der Waals surface area (Å²) in [7, 11) is -3.62. The monoisotopic (exact) mass is 429 g/mol. The number of rotatable bonds is 7. The lowest BCUT2D eigenvalue weighted by Crippen LogP contribution is -2.41. The molecule has 1 fully saturated rings. The first-order valence-corrected chi connectivity index (χ1v) is 12.6. The Balaban J connectivity index is 1.74. The van der Waals surface area contributed by atoms with Gasteiger partial charge >= 0.3 is 0 Å². The fourth-order valence-electron chi connectivity index (χ4n) is 4.15. The number of thiophene rings is 1. The van der Waals surface area contributed by atoms with Crippen molar-refractivity contribution in [3.63, 3.8) is 0 Å². The Morgan fingerprint density at radius 2 is 1.86 bits per heavy atom. The number of aromatic nitrogens is 2. The Bertz CT molecular complexity index is 1020. The van der Waals surface area contributed by atoms with Gasteiger partial charge in [-0.3, -0.25) is 4.68 Å². The van der Waals surface area contributed by atoms with Crippen molar-refractivity contribution < 1.29 is 8.42 Å². The van der Waals surface area contributed by atoms with E-state index in [4.69, 9.17) is 5.10 Å². The van der Waals surface area contributed by atoms with Gasteiger partial charge in [-0.15, -0.1) is 11.3 Å². The summed E-state index contributed by atoms with van der Waals surface area (Å²) >= 11 is 1.52. The molecule has 2 aromatic heterocycles. The van der Waals surface area contributed by atoms with Crippen molar-refractivity contribution in [3.8, 4) is 10.6 Å². The van der Waals surface area contributed by atoms with Crippen molar-refractivity contribution in [2.75, 3.05) is 6.54 Å². The fourth-order valence-corrected chi connectivity index (χ4v) is 6.78. The van der Waals surface area contributed by atoms with Gasteiger partial charge in [-0.1, -0.05) is 62.6 Å². The molecule has 0 unspecified atom stereocenters. The van der Waals surface area contributed by atoms with E-state index >= 15 is 0 Å². The third kappa shape index (κ3) is 4.32. The van der Waals surface area contributed by atoms with Crippen molar-refractivity contribution in [2.45, 2.75) is 56.5 Å². The number of nitrogens with zero attached hydrogens (tertiary/aromatic N) is 3. The lowest BCUT2D eigenvalue weighted by atomic mass is 9.95. The molecule has 0 saturated heterocycles. The van der Waals surface area contributed by atoms with E-state index in [9.17, 15) is 8.42 Å². The highest BCUT2D eigenvalue weighted by Crippen LogP contribution is 2.34. The molecule has 3 aromatic rings. The van der Waals surface area contributed by atoms with E-state index in [0.29, 0.717) is 23.7 Å². The highest BCUT2D eigenvalue weighted by Gasteiger charge is 2.34. The van der Waals surface area contributed by atoms with Gasteiger partial charge in [0, 0.05) is 18.8 Å². The highest BCUT2D eigenvalue weighted by molar-refractivity contribution is 7.89. The maximum atomic E-state index is 13.7. The van der Waals surface area contributed by atoms with Crippen LogP contribution in [0.1, 0.15) is 44.6 Å². The van der Waals surface area contributed by atoms with Crippen molar-refractivity contribution >= 4 is 21.4 Å². The van der Waals surface area contributed by atoms with Gasteiger partial charge in [0.1, 0.15) is 10.6 Å². The molecule has 2 heterocycles. The second-order valence-corrected chi connectivity index (χ2v) is 10.3. The van der Waals surface area contributed by atoms with Gasteiger partial charge in [-0.2, -0.15) is 9.40 Å². The molecule has 1 aliphatic rings. The summed E-state index contributed by atoms with van der Waals surface area (Å²) in [5.41, 5.74) is 1.65. The average molecular weight is 430 g/mol. The molecule has 0 aliphatic heterocycles. The summed E-state index contributed by atoms with van der Waals surface area (Å²) in [5.74, 6) is 0. The Morgan fingerprint density at radius 3 is 2.52 bits per heavy atom. The van der Waals surface area contributed by atoms with Crippen LogP contribution in [0.2, 0.25) is 0 Å². The predicted octanol–water partition coefficient (Wildman–Crippen LogP) is 5.00. The summed E-state index contributed by atoms with van der Waals surface area (Å²) < 4.78 is 30.9. The lowest BCUT2D eigenvalue weighted by Gasteiger charge is -2.32. The van der Waals surface area contributed by atoms with Gasteiger partial charge in [0.2, 0.25) is 10.0 Å². The molecule has 0 amide bonds. The van der Waals surface area contributed by atoms with E-state index in [0.717, 1.165) is 36.1 Å². The van der Waals surface area contributed by atoms with Gasteiger partial charge in [-0.25, -0.2) is 8.42 Å². The van der Waals surface area contributed by atoms with E-state index in [1.807, 2.05) is 54.8 Å². The lowest BCUT2D eigenvalue weighted by molar-refractivity contribution is 0.261. The molecule has 7 heteroatoms. The van der Waals surface area contributed by atoms with E-state index in [-0.39, 0.29) is 6.04 Å². The Morgan fingerprint density at radius 1 is 1.10 bits per heavy atom. The topological polar surface area (TPSA) is 55.2 Å². The zero-order valence-corrected chi connectivity index (χ0v) is 18.3. The first kappa shape index (κ1) is 20.3. The number of hydrogen-bond donors (Lipinski definition) is 0. The summed E-state index contributed by atoms with van der Waals surface area (Å²) in [6.07, 6.45) is 7.00. The maximum absolute atomic E-state index is 13.7. The first-order chi connectivity index (χ1) is 14.1. The van der Waals surface area contributed by atoms with Gasteiger partial charge < -0.3 is 0 Å². The second kappa shape index (κ2) is 8.81. The standard InChI is InChI=1S/C22H27N3O2S2/c1-2-25(19-12-7-4-8-13-19)29(26,27)21-17-24(16-18-10-5-3-6-11-18)23-22(21)20-14-9-15-28-20/h3,5-6,9-11,14-15,17,19H,2,4,7-8,12-13,16H2,1H3. The molecular formula is C22H27N3O2S2. The molecule has 1 aromatic carbocycles. The van der Waals surface area contributed by atoms with Crippen molar-refractivity contribution in [1.29, 1.82) is 0 Å². The molecule has 29 heavy (non-hydrogen) atoms. The maximum Gasteiger partial charge on any atom is 0.247 e. The molecule has 5 nitrogen and oxygen atoms in total. The third-order valence-corrected chi connectivity index (χ3v) is 8.46. The van der Waals surface area contributed by atoms with Gasteiger partial charge in [0.25, 0.3) is 0 Å². The second-order valence-electron chi connectivity index (χ2n) is 7.50. The minimum Gasteiger partial charge on any atom is -0.266 e. The quantitative estimate of drug-likeness (QED) is 0.531. The van der Waals surface area contributed by atoms with Gasteiger partial charge in [0.15, 0.2) is 0 Å². The van der Waals surface area contributed by atoms with Crippen molar-refractivity contribution in [2.24, 2.45) is 0 Å². The molecule has 0 bridgehead atoms. The molecule has 0 spiro atoms. The molecule has 0 radical (unpaired) electrons. The van der Waals surface area contributed by atoms with Crippen molar-refractivity contribution in [3.05, 3.63) is 59.6 Å². The van der Waals surface area contributed by atoms with Crippen LogP contribution < -0.4 is 0 Å². The van der Waals surface area contributed by atoms with E-state index in [2.05, 4.69) is 0 Å². The molecule has 4 rings (SSSR count). The van der Waals surface area contributed by atoms with Crippen LogP contribution in [0.25, 0.3) is 10.6 Å². The molecule has 0 N–H and O–H groups in total. The van der Waals surface area contributed by atoms with Crippen LogP contribution in [0, 0.1) is 0 Å². The summed E-state index contributed by atoms with van der Waals surface area (Å²) in [6.45, 7) is 2.97. The molecule has 1 aliphatic carbocycles. The number of sulfonamides is 1. The van der Waals surface area contributed by atoms with Gasteiger partial charge in [-0.05, 0) is 29.9 Å². The molecule has 1 saturated carbocycles. The zero-order valence-electron chi connectivity index (χ0n) is 16.7. The van der Waals surface area contributed by atoms with Crippen LogP contribution >= 0.6 is 11.3 Å². The smallest absolute Gasteiger partial charge is 0.247 e. The van der Waals surface area contributed by atoms with Crippen LogP contribution in [-0.4, -0.2) is 35.1 Å². The Labute approximate surface area is 177 Å². The number of benzene rings is 1. The normalized spacial score (nSPS) is 15.8. The van der Waals surface area contributed by atoms with Crippen LogP contribution in [0.3, 0.4) is 0 Å². The average Bonchev–Trinajstić information content (AvgIpc) is 3.40. The molecular weight excluding hydrogens is 402 g/mol. The van der Waals surface area contributed by atoms with E-state index in [1.54, 1.807) is 15.2 Å². The predicted molar refractivity (Wildman–Crippen MR) is 118 cm³/mol. The minimum atomic E-state index is -3.62. The summed E-state index contributed by atoms with van der Waals surface area (Å²) in [5, 5.41) is 6.66.